The van der Waals surface area contributed by atoms with Gasteiger partial charge in [-0.3, -0.25) is 4.79 Å². The first kappa shape index (κ1) is 25.6. The molecule has 0 aliphatic carbocycles. The summed E-state index contributed by atoms with van der Waals surface area (Å²) in [6.07, 6.45) is 1.20. The van der Waals surface area contributed by atoms with Crippen LogP contribution in [0.4, 0.5) is 0 Å². The van der Waals surface area contributed by atoms with Crippen molar-refractivity contribution < 1.29 is 38.5 Å². The van der Waals surface area contributed by atoms with Crippen molar-refractivity contribution in [3.8, 4) is 23.3 Å². The number of pyridine rings is 1. The van der Waals surface area contributed by atoms with Crippen molar-refractivity contribution in [2.75, 3.05) is 13.7 Å². The molecule has 0 bridgehead atoms. The molecule has 12 nitrogen and oxygen atoms in total. The van der Waals surface area contributed by atoms with Gasteiger partial charge in [0.05, 0.1) is 23.9 Å². The predicted octanol–water partition coefficient (Wildman–Crippen LogP) is 2.59. The minimum absolute atomic E-state index is 0.00341. The van der Waals surface area contributed by atoms with Gasteiger partial charge < -0.3 is 24.1 Å². The number of hydrazone groups is 1. The molecule has 0 saturated carbocycles. The number of carbonyl (C=O) groups excluding carboxylic acids is 1. The Labute approximate surface area is 204 Å². The Kier molecular flexibility index (Phi) is 8.11. The maximum atomic E-state index is 12.1. The number of hydrogen-bond donors (Lipinski definition) is 3. The summed E-state index contributed by atoms with van der Waals surface area (Å²) in [5.74, 6) is -2.77. The first-order valence-corrected chi connectivity index (χ1v) is 10.3. The Hall–Kier alpha value is -5.02. The lowest BCUT2D eigenvalue weighted by molar-refractivity contribution is -0.123. The van der Waals surface area contributed by atoms with Crippen LogP contribution in [0.15, 0.2) is 45.9 Å². The molecule has 0 saturated heterocycles. The molecule has 1 amide bonds. The molecule has 184 valence electrons. The number of amides is 1. The topological polar surface area (TPSA) is 184 Å². The molecule has 0 aliphatic heterocycles. The van der Waals surface area contributed by atoms with Crippen LogP contribution in [0.25, 0.3) is 11.3 Å². The van der Waals surface area contributed by atoms with Crippen LogP contribution in [0, 0.1) is 18.3 Å². The first-order chi connectivity index (χ1) is 17.2. The Morgan fingerprint density at radius 2 is 1.86 bits per heavy atom. The predicted molar refractivity (Wildman–Crippen MR) is 124 cm³/mol. The molecule has 0 atom stereocenters. The SMILES string of the molecule is COCc1cc(C)nc(OCC(=O)N/N=C\c2ccc(-c3cc(C(=O)O)cc(C(=O)O)c3)o2)c1C#N. The molecular formula is C24H20N4O8. The summed E-state index contributed by atoms with van der Waals surface area (Å²) in [6.45, 7) is 1.44. The van der Waals surface area contributed by atoms with E-state index in [1.54, 1.807) is 13.0 Å². The number of nitrogens with one attached hydrogen (secondary N) is 1. The van der Waals surface area contributed by atoms with Gasteiger partial charge in [-0.15, -0.1) is 0 Å². The summed E-state index contributed by atoms with van der Waals surface area (Å²) in [7, 11) is 1.49. The van der Waals surface area contributed by atoms with E-state index in [4.69, 9.17) is 13.9 Å². The molecule has 3 aromatic rings. The Morgan fingerprint density at radius 1 is 1.17 bits per heavy atom. The molecule has 3 rings (SSSR count). The Bertz CT molecular complexity index is 1350. The van der Waals surface area contributed by atoms with E-state index in [1.165, 1.54) is 37.6 Å². The summed E-state index contributed by atoms with van der Waals surface area (Å²) in [6, 6.07) is 10.3. The van der Waals surface area contributed by atoms with Crippen LogP contribution in [-0.4, -0.2) is 53.0 Å². The van der Waals surface area contributed by atoms with Crippen molar-refractivity contribution in [1.82, 2.24) is 10.4 Å². The van der Waals surface area contributed by atoms with Crippen molar-refractivity contribution in [3.05, 3.63) is 70.1 Å². The largest absolute Gasteiger partial charge is 0.478 e. The second-order valence-electron chi connectivity index (χ2n) is 7.34. The van der Waals surface area contributed by atoms with Crippen LogP contribution in [0.1, 0.15) is 43.3 Å². The minimum atomic E-state index is -1.28. The number of ether oxygens (including phenoxy) is 2. The van der Waals surface area contributed by atoms with E-state index in [0.717, 1.165) is 6.07 Å². The molecule has 3 N–H and O–H groups in total. The van der Waals surface area contributed by atoms with Crippen LogP contribution in [0.2, 0.25) is 0 Å². The summed E-state index contributed by atoms with van der Waals surface area (Å²) >= 11 is 0. The van der Waals surface area contributed by atoms with Gasteiger partial charge in [0, 0.05) is 23.9 Å². The molecule has 0 radical (unpaired) electrons. The highest BCUT2D eigenvalue weighted by atomic mass is 16.5. The maximum Gasteiger partial charge on any atom is 0.335 e. The van der Waals surface area contributed by atoms with Gasteiger partial charge in [0.15, 0.2) is 6.61 Å². The molecule has 1 aromatic carbocycles. The fourth-order valence-corrected chi connectivity index (χ4v) is 3.13. The molecule has 0 aliphatic rings. The fraction of sp³-hybridized carbons (Fsp3) is 0.167. The molecule has 0 unspecified atom stereocenters. The number of nitriles is 1. The minimum Gasteiger partial charge on any atom is -0.478 e. The number of carboxylic acids is 2. The second kappa shape index (κ2) is 11.4. The fourth-order valence-electron chi connectivity index (χ4n) is 3.13. The lowest BCUT2D eigenvalue weighted by Crippen LogP contribution is -2.25. The van der Waals surface area contributed by atoms with Gasteiger partial charge in [-0.1, -0.05) is 0 Å². The van der Waals surface area contributed by atoms with E-state index in [2.05, 4.69) is 15.5 Å². The third-order valence-electron chi connectivity index (χ3n) is 4.67. The van der Waals surface area contributed by atoms with E-state index in [1.807, 2.05) is 6.07 Å². The van der Waals surface area contributed by atoms with E-state index in [0.29, 0.717) is 11.3 Å². The van der Waals surface area contributed by atoms with E-state index in [9.17, 15) is 29.9 Å². The number of nitrogens with zero attached hydrogens (tertiary/aromatic N) is 3. The smallest absolute Gasteiger partial charge is 0.335 e. The molecule has 36 heavy (non-hydrogen) atoms. The molecule has 12 heteroatoms. The van der Waals surface area contributed by atoms with Crippen molar-refractivity contribution >= 4 is 24.1 Å². The van der Waals surface area contributed by atoms with Gasteiger partial charge in [0.25, 0.3) is 5.91 Å². The van der Waals surface area contributed by atoms with Crippen LogP contribution >= 0.6 is 0 Å². The number of aromatic nitrogens is 1. The maximum absolute atomic E-state index is 12.1. The van der Waals surface area contributed by atoms with E-state index >= 15 is 0 Å². The molecule has 2 heterocycles. The van der Waals surface area contributed by atoms with Crippen LogP contribution in [0.5, 0.6) is 5.88 Å². The summed E-state index contributed by atoms with van der Waals surface area (Å²) in [5.41, 5.74) is 3.42. The number of carbonyl (C=O) groups is 3. The number of carboxylic acid groups (broad SMARTS) is 2. The lowest BCUT2D eigenvalue weighted by atomic mass is 10.0. The number of benzene rings is 1. The molecular weight excluding hydrogens is 472 g/mol. The van der Waals surface area contributed by atoms with Gasteiger partial charge in [-0.05, 0) is 43.3 Å². The van der Waals surface area contributed by atoms with Gasteiger partial charge in [0.1, 0.15) is 23.2 Å². The average Bonchev–Trinajstić information content (AvgIpc) is 3.31. The van der Waals surface area contributed by atoms with Crippen molar-refractivity contribution in [2.45, 2.75) is 13.5 Å². The average molecular weight is 492 g/mol. The zero-order valence-electron chi connectivity index (χ0n) is 19.1. The lowest BCUT2D eigenvalue weighted by Gasteiger charge is -2.10. The monoisotopic (exact) mass is 492 g/mol. The standard InChI is InChI=1S/C24H20N4O8/c1-13-5-17(11-34-2)19(9-25)22(27-13)35-12-21(29)28-26-10-18-3-4-20(36-18)14-6-15(23(30)31)8-16(7-14)24(32)33/h3-8,10H,11-12H2,1-2H3,(H,28,29)(H,30,31)(H,32,33)/b26-10-. The van der Waals surface area contributed by atoms with Crippen LogP contribution < -0.4 is 10.2 Å². The van der Waals surface area contributed by atoms with E-state index in [-0.39, 0.29) is 46.3 Å². The third kappa shape index (κ3) is 6.31. The number of aryl methyl sites for hydroxylation is 1. The Morgan fingerprint density at radius 3 is 2.47 bits per heavy atom. The first-order valence-electron chi connectivity index (χ1n) is 10.3. The van der Waals surface area contributed by atoms with Crippen molar-refractivity contribution in [3.63, 3.8) is 0 Å². The van der Waals surface area contributed by atoms with E-state index < -0.39 is 24.5 Å². The highest BCUT2D eigenvalue weighted by molar-refractivity contribution is 5.96. The number of hydrogen-bond acceptors (Lipinski definition) is 9. The zero-order valence-corrected chi connectivity index (χ0v) is 19.1. The summed E-state index contributed by atoms with van der Waals surface area (Å²) in [5, 5.41) is 31.6. The van der Waals surface area contributed by atoms with Crippen molar-refractivity contribution in [1.29, 1.82) is 5.26 Å². The highest BCUT2D eigenvalue weighted by Gasteiger charge is 2.15. The number of aromatic carboxylic acids is 2. The number of methoxy groups -OCH3 is 1. The van der Waals surface area contributed by atoms with Crippen LogP contribution in [0.3, 0.4) is 0 Å². The molecule has 0 spiro atoms. The van der Waals surface area contributed by atoms with Gasteiger partial charge in [-0.2, -0.15) is 10.4 Å². The summed E-state index contributed by atoms with van der Waals surface area (Å²) in [4.78, 5) is 38.8. The Balaban J connectivity index is 1.65. The van der Waals surface area contributed by atoms with Gasteiger partial charge in [0.2, 0.25) is 5.88 Å². The number of rotatable bonds is 10. The zero-order chi connectivity index (χ0) is 26.2. The molecule has 2 aromatic heterocycles. The summed E-state index contributed by atoms with van der Waals surface area (Å²) < 4.78 is 16.0. The highest BCUT2D eigenvalue weighted by Crippen LogP contribution is 2.25. The third-order valence-corrected chi connectivity index (χ3v) is 4.67. The van der Waals surface area contributed by atoms with Crippen molar-refractivity contribution in [2.24, 2.45) is 5.10 Å². The van der Waals surface area contributed by atoms with Gasteiger partial charge >= 0.3 is 11.9 Å². The van der Waals surface area contributed by atoms with Gasteiger partial charge in [-0.25, -0.2) is 20.0 Å². The normalized spacial score (nSPS) is 10.7. The number of furan rings is 1. The molecule has 0 fully saturated rings. The van der Waals surface area contributed by atoms with Crippen LogP contribution in [-0.2, 0) is 16.1 Å². The second-order valence-corrected chi connectivity index (χ2v) is 7.34. The quantitative estimate of drug-likeness (QED) is 0.281.